The van der Waals surface area contributed by atoms with Gasteiger partial charge in [-0.05, 0) is 49.7 Å². The first kappa shape index (κ1) is 16.8. The van der Waals surface area contributed by atoms with Crippen molar-refractivity contribution < 1.29 is 23.8 Å². The number of aliphatic carboxylic acids is 1. The Morgan fingerprint density at radius 1 is 1.12 bits per heavy atom. The summed E-state index contributed by atoms with van der Waals surface area (Å²) < 4.78 is 25.4. The molecule has 1 N–H and O–H groups in total. The van der Waals surface area contributed by atoms with Gasteiger partial charge in [0.05, 0.1) is 12.0 Å². The fourth-order valence-electron chi connectivity index (χ4n) is 3.77. The lowest BCUT2D eigenvalue weighted by molar-refractivity contribution is -0.143. The molecule has 1 fully saturated rings. The van der Waals surface area contributed by atoms with E-state index in [1.807, 2.05) is 24.3 Å². The molecule has 2 heterocycles. The smallest absolute Gasteiger partial charge is 0.306 e. The van der Waals surface area contributed by atoms with Crippen LogP contribution >= 0.6 is 0 Å². The highest BCUT2D eigenvalue weighted by atomic mass is 19.1. The van der Waals surface area contributed by atoms with Crippen molar-refractivity contribution in [3.8, 4) is 11.5 Å². The Balaban J connectivity index is 1.69. The first-order valence-corrected chi connectivity index (χ1v) is 8.74. The van der Waals surface area contributed by atoms with E-state index in [1.165, 1.54) is 6.07 Å². The molecular formula is C20H20FNO4. The van der Waals surface area contributed by atoms with Crippen LogP contribution in [0.1, 0.15) is 30.0 Å². The van der Waals surface area contributed by atoms with Gasteiger partial charge in [0.1, 0.15) is 5.82 Å². The molecule has 0 aliphatic carbocycles. The summed E-state index contributed by atoms with van der Waals surface area (Å²) >= 11 is 0. The van der Waals surface area contributed by atoms with Crippen LogP contribution in [0, 0.1) is 11.7 Å². The summed E-state index contributed by atoms with van der Waals surface area (Å²) in [6, 6.07) is 12.1. The van der Waals surface area contributed by atoms with E-state index in [0.717, 1.165) is 5.56 Å². The molecule has 0 bridgehead atoms. The van der Waals surface area contributed by atoms with E-state index < -0.39 is 5.97 Å². The number of nitrogens with zero attached hydrogens (tertiary/aromatic N) is 1. The normalized spacial score (nSPS) is 18.7. The highest BCUT2D eigenvalue weighted by molar-refractivity contribution is 5.70. The third-order valence-electron chi connectivity index (χ3n) is 5.16. The van der Waals surface area contributed by atoms with Gasteiger partial charge in [0, 0.05) is 5.56 Å². The number of carboxylic acid groups (broad SMARTS) is 1. The van der Waals surface area contributed by atoms with Crippen molar-refractivity contribution in [1.29, 1.82) is 0 Å². The summed E-state index contributed by atoms with van der Waals surface area (Å²) in [6.07, 6.45) is 1.12. The molecular weight excluding hydrogens is 337 g/mol. The van der Waals surface area contributed by atoms with Crippen molar-refractivity contribution in [1.82, 2.24) is 4.90 Å². The van der Waals surface area contributed by atoms with E-state index >= 15 is 0 Å². The third-order valence-corrected chi connectivity index (χ3v) is 5.16. The van der Waals surface area contributed by atoms with Gasteiger partial charge in [0.25, 0.3) is 0 Å². The zero-order chi connectivity index (χ0) is 18.1. The van der Waals surface area contributed by atoms with Gasteiger partial charge in [-0.2, -0.15) is 0 Å². The Kier molecular flexibility index (Phi) is 4.51. The number of halogens is 1. The lowest BCUT2D eigenvalue weighted by Gasteiger charge is -2.37. The van der Waals surface area contributed by atoms with Gasteiger partial charge in [-0.15, -0.1) is 0 Å². The second-order valence-corrected chi connectivity index (χ2v) is 6.69. The van der Waals surface area contributed by atoms with Gasteiger partial charge >= 0.3 is 5.97 Å². The van der Waals surface area contributed by atoms with Crippen LogP contribution in [0.15, 0.2) is 42.5 Å². The number of rotatable bonds is 4. The number of carbonyl (C=O) groups is 1. The molecule has 5 nitrogen and oxygen atoms in total. The Hall–Kier alpha value is -2.60. The molecule has 136 valence electrons. The second kappa shape index (κ2) is 6.96. The topological polar surface area (TPSA) is 59.0 Å². The number of benzene rings is 2. The van der Waals surface area contributed by atoms with Gasteiger partial charge in [-0.1, -0.05) is 24.3 Å². The lowest BCUT2D eigenvalue weighted by atomic mass is 9.91. The Labute approximate surface area is 151 Å². The number of piperidine rings is 1. The molecule has 2 aliphatic rings. The number of ether oxygens (including phenoxy) is 2. The van der Waals surface area contributed by atoms with Crippen LogP contribution in [0.5, 0.6) is 11.5 Å². The Bertz CT molecular complexity index is 817. The quantitative estimate of drug-likeness (QED) is 0.908. The average Bonchev–Trinajstić information content (AvgIpc) is 3.12. The van der Waals surface area contributed by atoms with E-state index in [4.69, 9.17) is 9.47 Å². The van der Waals surface area contributed by atoms with Gasteiger partial charge in [-0.25, -0.2) is 4.39 Å². The van der Waals surface area contributed by atoms with Crippen molar-refractivity contribution in [3.05, 3.63) is 59.4 Å². The number of carboxylic acids is 1. The fraction of sp³-hybridized carbons (Fsp3) is 0.350. The van der Waals surface area contributed by atoms with Crippen molar-refractivity contribution >= 4 is 5.97 Å². The lowest BCUT2D eigenvalue weighted by Crippen LogP contribution is -2.39. The van der Waals surface area contributed by atoms with Crippen LogP contribution in [-0.4, -0.2) is 35.9 Å². The molecule has 6 heteroatoms. The summed E-state index contributed by atoms with van der Waals surface area (Å²) in [5.41, 5.74) is 1.49. The molecule has 0 radical (unpaired) electrons. The van der Waals surface area contributed by atoms with Crippen LogP contribution < -0.4 is 9.47 Å². The van der Waals surface area contributed by atoms with Crippen LogP contribution in [0.2, 0.25) is 0 Å². The SMILES string of the molecule is O=C(O)C1CCN(C(c2ccc3c(c2)OCO3)c2ccccc2F)CC1. The molecule has 0 saturated carbocycles. The van der Waals surface area contributed by atoms with Crippen LogP contribution in [0.3, 0.4) is 0 Å². The average molecular weight is 357 g/mol. The van der Waals surface area contributed by atoms with Gasteiger partial charge in [0.2, 0.25) is 6.79 Å². The minimum absolute atomic E-state index is 0.188. The molecule has 2 aromatic rings. The summed E-state index contributed by atoms with van der Waals surface area (Å²) in [5, 5.41) is 9.24. The van der Waals surface area contributed by atoms with Crippen molar-refractivity contribution in [3.63, 3.8) is 0 Å². The van der Waals surface area contributed by atoms with Crippen LogP contribution in [0.25, 0.3) is 0 Å². The summed E-state index contributed by atoms with van der Waals surface area (Å²) in [7, 11) is 0. The van der Waals surface area contributed by atoms with E-state index in [1.54, 1.807) is 12.1 Å². The van der Waals surface area contributed by atoms with Crippen LogP contribution in [0.4, 0.5) is 4.39 Å². The number of fused-ring (bicyclic) bond motifs is 1. The number of likely N-dealkylation sites (tertiary alicyclic amines) is 1. The molecule has 0 amide bonds. The molecule has 26 heavy (non-hydrogen) atoms. The first-order chi connectivity index (χ1) is 12.6. The molecule has 1 unspecified atom stereocenters. The molecule has 2 aromatic carbocycles. The highest BCUT2D eigenvalue weighted by Gasteiger charge is 2.32. The summed E-state index contributed by atoms with van der Waals surface area (Å²) in [5.74, 6) is -0.00940. The Morgan fingerprint density at radius 3 is 2.58 bits per heavy atom. The maximum atomic E-state index is 14.6. The molecule has 0 aromatic heterocycles. The highest BCUT2D eigenvalue weighted by Crippen LogP contribution is 2.39. The van der Waals surface area contributed by atoms with E-state index in [9.17, 15) is 14.3 Å². The molecule has 4 rings (SSSR count). The molecule has 2 aliphatic heterocycles. The van der Waals surface area contributed by atoms with Crippen molar-refractivity contribution in [2.45, 2.75) is 18.9 Å². The number of hydrogen-bond acceptors (Lipinski definition) is 4. The van der Waals surface area contributed by atoms with Gasteiger partial charge < -0.3 is 14.6 Å². The second-order valence-electron chi connectivity index (χ2n) is 6.69. The summed E-state index contributed by atoms with van der Waals surface area (Å²) in [6.45, 7) is 1.39. The van der Waals surface area contributed by atoms with E-state index in [0.29, 0.717) is 43.0 Å². The predicted octanol–water partition coefficient (Wildman–Crippen LogP) is 3.44. The van der Waals surface area contributed by atoms with E-state index in [2.05, 4.69) is 4.90 Å². The van der Waals surface area contributed by atoms with Crippen molar-refractivity contribution in [2.24, 2.45) is 5.92 Å². The number of hydrogen-bond donors (Lipinski definition) is 1. The van der Waals surface area contributed by atoms with E-state index in [-0.39, 0.29) is 24.6 Å². The maximum Gasteiger partial charge on any atom is 0.306 e. The zero-order valence-corrected chi connectivity index (χ0v) is 14.2. The monoisotopic (exact) mass is 357 g/mol. The maximum absolute atomic E-state index is 14.6. The molecule has 0 spiro atoms. The Morgan fingerprint density at radius 2 is 1.85 bits per heavy atom. The molecule has 1 saturated heterocycles. The standard InChI is InChI=1S/C20H20FNO4/c21-16-4-2-1-3-15(16)19(22-9-7-13(8-10-22)20(23)24)14-5-6-17-18(11-14)26-12-25-17/h1-6,11,13,19H,7-10,12H2,(H,23,24). The summed E-state index contributed by atoms with van der Waals surface area (Å²) in [4.78, 5) is 13.4. The predicted molar refractivity (Wildman–Crippen MR) is 92.7 cm³/mol. The zero-order valence-electron chi connectivity index (χ0n) is 14.2. The third kappa shape index (κ3) is 3.12. The minimum Gasteiger partial charge on any atom is -0.481 e. The van der Waals surface area contributed by atoms with Gasteiger partial charge in [-0.3, -0.25) is 9.69 Å². The minimum atomic E-state index is -0.754. The largest absolute Gasteiger partial charge is 0.481 e. The van der Waals surface area contributed by atoms with Crippen molar-refractivity contribution in [2.75, 3.05) is 19.9 Å². The van der Waals surface area contributed by atoms with Gasteiger partial charge in [0.15, 0.2) is 11.5 Å². The fourth-order valence-corrected chi connectivity index (χ4v) is 3.77. The molecule has 1 atom stereocenters. The first-order valence-electron chi connectivity index (χ1n) is 8.74. The van der Waals surface area contributed by atoms with Crippen LogP contribution in [-0.2, 0) is 4.79 Å².